The van der Waals surface area contributed by atoms with Crippen molar-refractivity contribution in [2.24, 2.45) is 0 Å². The zero-order valence-corrected chi connectivity index (χ0v) is 26.2. The minimum Gasteiger partial charge on any atom is -0.0610 e. The largest absolute Gasteiger partial charge is 0.0610 e. The molecule has 0 aromatic heterocycles. The van der Waals surface area contributed by atoms with Gasteiger partial charge in [0.2, 0.25) is 0 Å². The predicted molar refractivity (Wildman–Crippen MR) is 184 cm³/mol. The van der Waals surface area contributed by atoms with Crippen molar-refractivity contribution in [3.63, 3.8) is 0 Å². The van der Waals surface area contributed by atoms with Crippen molar-refractivity contribution in [1.82, 2.24) is 0 Å². The highest BCUT2D eigenvalue weighted by atomic mass is 14.3. The van der Waals surface area contributed by atoms with Crippen molar-refractivity contribution in [3.8, 4) is 44.5 Å². The monoisotopic (exact) mass is 544 g/mol. The van der Waals surface area contributed by atoms with Crippen LogP contribution in [0.4, 0.5) is 0 Å². The van der Waals surface area contributed by atoms with Crippen LogP contribution in [0.3, 0.4) is 0 Å². The highest BCUT2D eigenvalue weighted by Crippen LogP contribution is 2.58. The third kappa shape index (κ3) is 4.03. The fourth-order valence-electron chi connectivity index (χ4n) is 6.98. The summed E-state index contributed by atoms with van der Waals surface area (Å²) in [5.74, 6) is 0. The van der Waals surface area contributed by atoms with Gasteiger partial charge in [-0.25, -0.2) is 0 Å². The maximum absolute atomic E-state index is 2.41. The van der Waals surface area contributed by atoms with Crippen LogP contribution >= 0.6 is 0 Å². The topological polar surface area (TPSA) is 0 Å². The summed E-state index contributed by atoms with van der Waals surface area (Å²) < 4.78 is 0. The Balaban J connectivity index is 1.65. The second kappa shape index (κ2) is 9.17. The van der Waals surface area contributed by atoms with Crippen LogP contribution in [0.2, 0.25) is 0 Å². The van der Waals surface area contributed by atoms with Crippen molar-refractivity contribution in [2.45, 2.75) is 66.2 Å². The summed E-state index contributed by atoms with van der Waals surface area (Å²) in [7, 11) is 0. The van der Waals surface area contributed by atoms with E-state index in [-0.39, 0.29) is 10.8 Å². The van der Waals surface area contributed by atoms with E-state index in [0.29, 0.717) is 0 Å². The van der Waals surface area contributed by atoms with Gasteiger partial charge < -0.3 is 0 Å². The van der Waals surface area contributed by atoms with Crippen molar-refractivity contribution in [3.05, 3.63) is 119 Å². The number of aryl methyl sites for hydroxylation is 2. The van der Waals surface area contributed by atoms with Crippen molar-refractivity contribution in [1.29, 1.82) is 0 Å². The van der Waals surface area contributed by atoms with Gasteiger partial charge in [-0.05, 0) is 107 Å². The standard InChI is InChI=1S/C42H40/c1-25-12-22-32-35(24-25)37(28-16-20-30(21-17-28)42(6,7)8)40-34-23-13-26(2)31-10-9-11-33(38(31)34)39(40)36(32)27-14-18-29(19-15-27)41(3,4)5/h9-24H,1-8H3. The van der Waals surface area contributed by atoms with Gasteiger partial charge in [-0.1, -0.05) is 144 Å². The van der Waals surface area contributed by atoms with Gasteiger partial charge in [0, 0.05) is 0 Å². The summed E-state index contributed by atoms with van der Waals surface area (Å²) in [5, 5.41) is 5.39. The van der Waals surface area contributed by atoms with Crippen LogP contribution in [0.5, 0.6) is 0 Å². The van der Waals surface area contributed by atoms with Gasteiger partial charge >= 0.3 is 0 Å². The Morgan fingerprint density at radius 3 is 1.50 bits per heavy atom. The summed E-state index contributed by atoms with van der Waals surface area (Å²) in [4.78, 5) is 0. The van der Waals surface area contributed by atoms with Crippen molar-refractivity contribution >= 4 is 21.5 Å². The molecule has 0 amide bonds. The molecule has 7 rings (SSSR count). The van der Waals surface area contributed by atoms with Crippen LogP contribution in [0, 0.1) is 13.8 Å². The molecule has 0 spiro atoms. The molecule has 0 fully saturated rings. The normalized spacial score (nSPS) is 12.8. The van der Waals surface area contributed by atoms with Crippen LogP contribution in [-0.4, -0.2) is 0 Å². The molecule has 0 N–H and O–H groups in total. The fourth-order valence-corrected chi connectivity index (χ4v) is 6.98. The molecule has 42 heavy (non-hydrogen) atoms. The molecule has 6 aromatic carbocycles. The molecule has 6 aromatic rings. The van der Waals surface area contributed by atoms with E-state index < -0.39 is 0 Å². The Morgan fingerprint density at radius 1 is 0.429 bits per heavy atom. The van der Waals surface area contributed by atoms with Gasteiger partial charge in [-0.3, -0.25) is 0 Å². The summed E-state index contributed by atoms with van der Waals surface area (Å²) >= 11 is 0. The minimum absolute atomic E-state index is 0.113. The minimum atomic E-state index is 0.113. The molecule has 0 saturated carbocycles. The molecule has 0 unspecified atom stereocenters. The van der Waals surface area contributed by atoms with Crippen LogP contribution in [0.25, 0.3) is 66.1 Å². The first-order valence-corrected chi connectivity index (χ1v) is 15.3. The Bertz CT molecular complexity index is 2020. The average molecular weight is 545 g/mol. The molecule has 1 aliphatic rings. The van der Waals surface area contributed by atoms with E-state index in [0.717, 1.165) is 0 Å². The van der Waals surface area contributed by atoms with Crippen molar-refractivity contribution < 1.29 is 0 Å². The second-order valence-corrected chi connectivity index (χ2v) is 14.4. The highest BCUT2D eigenvalue weighted by molar-refractivity contribution is 6.27. The second-order valence-electron chi connectivity index (χ2n) is 14.4. The molecule has 208 valence electrons. The molecule has 0 heteroatoms. The van der Waals surface area contributed by atoms with E-state index in [9.17, 15) is 0 Å². The van der Waals surface area contributed by atoms with Gasteiger partial charge in [-0.2, -0.15) is 0 Å². The van der Waals surface area contributed by atoms with Gasteiger partial charge in [0.25, 0.3) is 0 Å². The Morgan fingerprint density at radius 2 is 0.952 bits per heavy atom. The summed E-state index contributed by atoms with van der Waals surface area (Å²) in [6, 6.07) is 37.3. The first-order chi connectivity index (χ1) is 19.9. The van der Waals surface area contributed by atoms with E-state index in [1.807, 2.05) is 0 Å². The van der Waals surface area contributed by atoms with E-state index >= 15 is 0 Å². The van der Waals surface area contributed by atoms with Gasteiger partial charge in [0.1, 0.15) is 0 Å². The zero-order valence-electron chi connectivity index (χ0n) is 26.2. The summed E-state index contributed by atoms with van der Waals surface area (Å²) in [6.45, 7) is 18.2. The molecule has 0 atom stereocenters. The molecular formula is C42H40. The first-order valence-electron chi connectivity index (χ1n) is 15.3. The molecule has 0 aliphatic heterocycles. The lowest BCUT2D eigenvalue weighted by molar-refractivity contribution is 0.590. The molecule has 0 heterocycles. The lowest BCUT2D eigenvalue weighted by atomic mass is 9.80. The maximum Gasteiger partial charge on any atom is -0.000741 e. The molecule has 1 aliphatic carbocycles. The predicted octanol–water partition coefficient (Wildman–Crippen LogP) is 12.2. The van der Waals surface area contributed by atoms with Crippen molar-refractivity contribution in [2.75, 3.05) is 0 Å². The van der Waals surface area contributed by atoms with E-state index in [2.05, 4.69) is 152 Å². The number of rotatable bonds is 2. The zero-order chi connectivity index (χ0) is 29.6. The highest BCUT2D eigenvalue weighted by Gasteiger charge is 2.31. The lowest BCUT2D eigenvalue weighted by Crippen LogP contribution is -2.10. The fraction of sp³-hybridized carbons (Fsp3) is 0.238. The number of benzene rings is 6. The Hall–Kier alpha value is -4.16. The first kappa shape index (κ1) is 26.7. The SMILES string of the molecule is Cc1ccc2c(-c3ccc(C(C)(C)C)cc3)c3c(c(-c4ccc(C(C)(C)C)cc4)c2c1)-c1ccc(C)c2cccc-3c12. The number of hydrogen-bond donors (Lipinski definition) is 0. The van der Waals surface area contributed by atoms with Crippen LogP contribution in [0.15, 0.2) is 97.1 Å². The van der Waals surface area contributed by atoms with Gasteiger partial charge in [-0.15, -0.1) is 0 Å². The third-order valence-electron chi connectivity index (χ3n) is 9.34. The molecular weight excluding hydrogens is 504 g/mol. The smallest absolute Gasteiger partial charge is 0.000741 e. The van der Waals surface area contributed by atoms with Gasteiger partial charge in [0.15, 0.2) is 0 Å². The van der Waals surface area contributed by atoms with Crippen LogP contribution in [0.1, 0.15) is 63.8 Å². The Kier molecular flexibility index (Phi) is 5.83. The average Bonchev–Trinajstić information content (AvgIpc) is 3.27. The molecule has 0 saturated heterocycles. The molecule has 0 bridgehead atoms. The lowest BCUT2D eigenvalue weighted by Gasteiger charge is -2.23. The summed E-state index contributed by atoms with van der Waals surface area (Å²) in [6.07, 6.45) is 0. The van der Waals surface area contributed by atoms with E-state index in [1.165, 1.54) is 88.3 Å². The molecule has 0 nitrogen and oxygen atoms in total. The van der Waals surface area contributed by atoms with Gasteiger partial charge in [0.05, 0.1) is 0 Å². The van der Waals surface area contributed by atoms with E-state index in [1.54, 1.807) is 0 Å². The van der Waals surface area contributed by atoms with Crippen LogP contribution in [-0.2, 0) is 10.8 Å². The Labute approximate surface area is 251 Å². The van der Waals surface area contributed by atoms with Crippen LogP contribution < -0.4 is 0 Å². The summed E-state index contributed by atoms with van der Waals surface area (Å²) in [5.41, 5.74) is 16.3. The molecule has 0 radical (unpaired) electrons. The number of fused-ring (bicyclic) bond motifs is 4. The maximum atomic E-state index is 2.41. The third-order valence-corrected chi connectivity index (χ3v) is 9.34. The van der Waals surface area contributed by atoms with E-state index in [4.69, 9.17) is 0 Å². The quantitative estimate of drug-likeness (QED) is 0.203. The number of hydrogen-bond acceptors (Lipinski definition) is 0.